The Morgan fingerprint density at radius 2 is 2.14 bits per heavy atom. The highest BCUT2D eigenvalue weighted by Crippen LogP contribution is 2.11. The molecule has 7 heteroatoms. The summed E-state index contributed by atoms with van der Waals surface area (Å²) >= 11 is 0. The first-order valence-electron chi connectivity index (χ1n) is 7.31. The largest absolute Gasteiger partial charge is 0.378 e. The Hall–Kier alpha value is -2.41. The standard InChI is InChI=1S/C15H18N4O3/c20-14(19-5-7-22-8-6-19)3-4-16-15(21)11-1-2-12-13(9-11)18-10-17-12/h1-2,9-10H,3-8H2,(H,16,21)(H,17,18). The van der Waals surface area contributed by atoms with Crippen LogP contribution in [-0.2, 0) is 9.53 Å². The maximum atomic E-state index is 12.1. The molecule has 0 radical (unpaired) electrons. The third-order valence-electron chi connectivity index (χ3n) is 3.67. The van der Waals surface area contributed by atoms with Crippen molar-refractivity contribution < 1.29 is 14.3 Å². The van der Waals surface area contributed by atoms with Crippen molar-refractivity contribution in [1.29, 1.82) is 0 Å². The van der Waals surface area contributed by atoms with Gasteiger partial charge in [-0.05, 0) is 18.2 Å². The van der Waals surface area contributed by atoms with Crippen molar-refractivity contribution in [3.63, 3.8) is 0 Å². The van der Waals surface area contributed by atoms with E-state index in [2.05, 4.69) is 15.3 Å². The van der Waals surface area contributed by atoms with Crippen molar-refractivity contribution in [2.45, 2.75) is 6.42 Å². The number of ether oxygens (including phenoxy) is 1. The Morgan fingerprint density at radius 1 is 1.32 bits per heavy atom. The molecule has 1 saturated heterocycles. The SMILES string of the molecule is O=C(NCCC(=O)N1CCOCC1)c1ccc2nc[nH]c2c1. The van der Waals surface area contributed by atoms with Crippen LogP contribution in [-0.4, -0.2) is 59.5 Å². The van der Waals surface area contributed by atoms with Crippen molar-refractivity contribution in [2.24, 2.45) is 0 Å². The molecule has 0 unspecified atom stereocenters. The van der Waals surface area contributed by atoms with Crippen LogP contribution >= 0.6 is 0 Å². The number of nitrogens with zero attached hydrogens (tertiary/aromatic N) is 2. The number of carbonyl (C=O) groups is 2. The lowest BCUT2D eigenvalue weighted by atomic mass is 10.2. The van der Waals surface area contributed by atoms with Gasteiger partial charge in [0.2, 0.25) is 5.91 Å². The molecule has 0 atom stereocenters. The van der Waals surface area contributed by atoms with Crippen molar-refractivity contribution >= 4 is 22.8 Å². The number of hydrogen-bond acceptors (Lipinski definition) is 4. The zero-order chi connectivity index (χ0) is 15.4. The summed E-state index contributed by atoms with van der Waals surface area (Å²) in [6.45, 7) is 2.76. The van der Waals surface area contributed by atoms with Gasteiger partial charge in [-0.15, -0.1) is 0 Å². The molecule has 1 aromatic heterocycles. The molecule has 7 nitrogen and oxygen atoms in total. The quantitative estimate of drug-likeness (QED) is 0.863. The van der Waals surface area contributed by atoms with Crippen molar-refractivity contribution in [3.8, 4) is 0 Å². The normalized spacial score (nSPS) is 15.0. The average molecular weight is 302 g/mol. The van der Waals surface area contributed by atoms with E-state index in [0.717, 1.165) is 11.0 Å². The number of morpholine rings is 1. The first-order valence-corrected chi connectivity index (χ1v) is 7.31. The van der Waals surface area contributed by atoms with Crippen LogP contribution in [0.5, 0.6) is 0 Å². The van der Waals surface area contributed by atoms with Crippen LogP contribution in [0.25, 0.3) is 11.0 Å². The summed E-state index contributed by atoms with van der Waals surface area (Å²) in [7, 11) is 0. The highest BCUT2D eigenvalue weighted by atomic mass is 16.5. The number of carbonyl (C=O) groups excluding carboxylic acids is 2. The zero-order valence-electron chi connectivity index (χ0n) is 12.2. The fourth-order valence-corrected chi connectivity index (χ4v) is 2.43. The molecular formula is C15H18N4O3. The number of aromatic amines is 1. The summed E-state index contributed by atoms with van der Waals surface area (Å²) in [6, 6.07) is 5.27. The van der Waals surface area contributed by atoms with E-state index in [-0.39, 0.29) is 11.8 Å². The van der Waals surface area contributed by atoms with E-state index in [9.17, 15) is 9.59 Å². The van der Waals surface area contributed by atoms with E-state index in [0.29, 0.717) is 44.8 Å². The molecule has 0 bridgehead atoms. The van der Waals surface area contributed by atoms with Crippen molar-refractivity contribution in [1.82, 2.24) is 20.2 Å². The molecule has 116 valence electrons. The van der Waals surface area contributed by atoms with Gasteiger partial charge >= 0.3 is 0 Å². The molecule has 2 amide bonds. The smallest absolute Gasteiger partial charge is 0.251 e. The van der Waals surface area contributed by atoms with Gasteiger partial charge in [-0.1, -0.05) is 0 Å². The third-order valence-corrected chi connectivity index (χ3v) is 3.67. The fraction of sp³-hybridized carbons (Fsp3) is 0.400. The van der Waals surface area contributed by atoms with E-state index in [1.165, 1.54) is 0 Å². The van der Waals surface area contributed by atoms with Gasteiger partial charge in [-0.25, -0.2) is 4.98 Å². The molecule has 1 aromatic carbocycles. The number of amides is 2. The molecule has 3 rings (SSSR count). The van der Waals surface area contributed by atoms with Gasteiger partial charge in [-0.3, -0.25) is 9.59 Å². The number of rotatable bonds is 4. The summed E-state index contributed by atoms with van der Waals surface area (Å²) in [5.74, 6) is -0.140. The lowest BCUT2D eigenvalue weighted by Gasteiger charge is -2.26. The number of imidazole rings is 1. The monoisotopic (exact) mass is 302 g/mol. The van der Waals surface area contributed by atoms with Gasteiger partial charge in [0, 0.05) is 31.6 Å². The average Bonchev–Trinajstić information content (AvgIpc) is 3.03. The maximum Gasteiger partial charge on any atom is 0.251 e. The van der Waals surface area contributed by atoms with Crippen LogP contribution < -0.4 is 5.32 Å². The molecule has 1 aliphatic heterocycles. The second kappa shape index (κ2) is 6.57. The Kier molecular flexibility index (Phi) is 4.34. The molecule has 1 aliphatic rings. The topological polar surface area (TPSA) is 87.3 Å². The van der Waals surface area contributed by atoms with Crippen LogP contribution in [0.2, 0.25) is 0 Å². The summed E-state index contributed by atoms with van der Waals surface area (Å²) < 4.78 is 5.21. The van der Waals surface area contributed by atoms with E-state index in [1.54, 1.807) is 29.4 Å². The lowest BCUT2D eigenvalue weighted by molar-refractivity contribution is -0.135. The van der Waals surface area contributed by atoms with Gasteiger partial charge < -0.3 is 19.9 Å². The second-order valence-electron chi connectivity index (χ2n) is 5.13. The van der Waals surface area contributed by atoms with Crippen molar-refractivity contribution in [2.75, 3.05) is 32.8 Å². The maximum absolute atomic E-state index is 12.1. The van der Waals surface area contributed by atoms with Crippen LogP contribution in [0.3, 0.4) is 0 Å². The number of aromatic nitrogens is 2. The highest BCUT2D eigenvalue weighted by Gasteiger charge is 2.16. The summed E-state index contributed by atoms with van der Waals surface area (Å²) in [5.41, 5.74) is 2.19. The molecule has 0 spiro atoms. The van der Waals surface area contributed by atoms with E-state index in [4.69, 9.17) is 4.74 Å². The predicted molar refractivity (Wildman–Crippen MR) is 80.4 cm³/mol. The predicted octanol–water partition coefficient (Wildman–Crippen LogP) is 0.542. The second-order valence-corrected chi connectivity index (χ2v) is 5.13. The fourth-order valence-electron chi connectivity index (χ4n) is 2.43. The third kappa shape index (κ3) is 3.25. The van der Waals surface area contributed by atoms with Crippen molar-refractivity contribution in [3.05, 3.63) is 30.1 Å². The van der Waals surface area contributed by atoms with E-state index < -0.39 is 0 Å². The Labute approximate surface area is 127 Å². The zero-order valence-corrected chi connectivity index (χ0v) is 12.2. The minimum Gasteiger partial charge on any atom is -0.378 e. The molecule has 0 saturated carbocycles. The van der Waals surface area contributed by atoms with Gasteiger partial charge in [0.15, 0.2) is 0 Å². The van der Waals surface area contributed by atoms with Gasteiger partial charge in [0.05, 0.1) is 30.6 Å². The molecule has 1 fully saturated rings. The minimum absolute atomic E-state index is 0.0487. The molecule has 2 aromatic rings. The van der Waals surface area contributed by atoms with Crippen LogP contribution in [0, 0.1) is 0 Å². The van der Waals surface area contributed by atoms with Gasteiger partial charge in [-0.2, -0.15) is 0 Å². The number of benzene rings is 1. The van der Waals surface area contributed by atoms with Gasteiger partial charge in [0.1, 0.15) is 0 Å². The number of fused-ring (bicyclic) bond motifs is 1. The van der Waals surface area contributed by atoms with Crippen LogP contribution in [0.1, 0.15) is 16.8 Å². The minimum atomic E-state index is -0.189. The molecular weight excluding hydrogens is 284 g/mol. The number of nitrogens with one attached hydrogen (secondary N) is 2. The lowest BCUT2D eigenvalue weighted by Crippen LogP contribution is -2.42. The van der Waals surface area contributed by atoms with Crippen LogP contribution in [0.15, 0.2) is 24.5 Å². The molecule has 2 N–H and O–H groups in total. The highest BCUT2D eigenvalue weighted by molar-refractivity contribution is 5.97. The first-order chi connectivity index (χ1) is 10.7. The summed E-state index contributed by atoms with van der Waals surface area (Å²) in [5, 5.41) is 2.77. The number of H-pyrrole nitrogens is 1. The van der Waals surface area contributed by atoms with Crippen LogP contribution in [0.4, 0.5) is 0 Å². The Bertz CT molecular complexity index is 676. The van der Waals surface area contributed by atoms with E-state index >= 15 is 0 Å². The summed E-state index contributed by atoms with van der Waals surface area (Å²) in [6.07, 6.45) is 1.89. The molecule has 0 aliphatic carbocycles. The van der Waals surface area contributed by atoms with Gasteiger partial charge in [0.25, 0.3) is 5.91 Å². The number of hydrogen-bond donors (Lipinski definition) is 2. The molecule has 2 heterocycles. The van der Waals surface area contributed by atoms with E-state index in [1.807, 2.05) is 0 Å². The summed E-state index contributed by atoms with van der Waals surface area (Å²) in [4.78, 5) is 32.9. The molecule has 22 heavy (non-hydrogen) atoms. The Morgan fingerprint density at radius 3 is 2.95 bits per heavy atom. The first kappa shape index (κ1) is 14.5. The Balaban J connectivity index is 1.50.